The van der Waals surface area contributed by atoms with Gasteiger partial charge in [0.05, 0.1) is 24.8 Å². The lowest BCUT2D eigenvalue weighted by atomic mass is 10.1. The number of thiocarbonyl (C=S) groups is 1. The number of rotatable bonds is 7. The van der Waals surface area contributed by atoms with Crippen LogP contribution in [-0.2, 0) is 4.79 Å². The third-order valence-electron chi connectivity index (χ3n) is 5.13. The average molecular weight is 480 g/mol. The maximum absolute atomic E-state index is 13.0. The van der Waals surface area contributed by atoms with E-state index in [0.717, 1.165) is 22.5 Å². The second kappa shape index (κ2) is 9.80. The van der Waals surface area contributed by atoms with Gasteiger partial charge in [0.2, 0.25) is 0 Å². The highest BCUT2D eigenvalue weighted by atomic mass is 32.2. The van der Waals surface area contributed by atoms with E-state index in [1.807, 2.05) is 65.5 Å². The van der Waals surface area contributed by atoms with Gasteiger partial charge in [0, 0.05) is 23.9 Å². The molecule has 1 aromatic heterocycles. The zero-order chi connectivity index (χ0) is 23.5. The first kappa shape index (κ1) is 23.1. The van der Waals surface area contributed by atoms with Crippen molar-refractivity contribution >= 4 is 40.3 Å². The molecule has 0 radical (unpaired) electrons. The summed E-state index contributed by atoms with van der Waals surface area (Å²) in [5.74, 6) is 1.51. The molecule has 0 atom stereocenters. The Balaban J connectivity index is 1.81. The van der Waals surface area contributed by atoms with Crippen LogP contribution in [-0.4, -0.2) is 45.7 Å². The Hall–Kier alpha value is -3.10. The van der Waals surface area contributed by atoms with E-state index in [0.29, 0.717) is 33.2 Å². The van der Waals surface area contributed by atoms with E-state index in [1.54, 1.807) is 19.1 Å². The van der Waals surface area contributed by atoms with Gasteiger partial charge in [-0.1, -0.05) is 56.0 Å². The van der Waals surface area contributed by atoms with Gasteiger partial charge in [-0.25, -0.2) is 4.68 Å². The Labute approximate surface area is 203 Å². The van der Waals surface area contributed by atoms with Gasteiger partial charge in [-0.2, -0.15) is 5.10 Å². The number of aromatic nitrogens is 2. The minimum absolute atomic E-state index is 0.0653. The van der Waals surface area contributed by atoms with Crippen LogP contribution in [0.4, 0.5) is 0 Å². The molecule has 33 heavy (non-hydrogen) atoms. The summed E-state index contributed by atoms with van der Waals surface area (Å²) in [6.45, 7) is 4.75. The summed E-state index contributed by atoms with van der Waals surface area (Å²) in [7, 11) is 3.21. The van der Waals surface area contributed by atoms with Crippen LogP contribution in [0.5, 0.6) is 11.5 Å². The summed E-state index contributed by atoms with van der Waals surface area (Å²) in [5.41, 5.74) is 3.32. The zero-order valence-electron chi connectivity index (χ0n) is 18.9. The quantitative estimate of drug-likeness (QED) is 0.333. The van der Waals surface area contributed by atoms with Crippen LogP contribution >= 0.6 is 24.0 Å². The van der Waals surface area contributed by atoms with Gasteiger partial charge in [0.1, 0.15) is 10.0 Å². The van der Waals surface area contributed by atoms with Crippen LogP contribution < -0.4 is 9.47 Å². The lowest BCUT2D eigenvalue weighted by molar-refractivity contribution is -0.122. The van der Waals surface area contributed by atoms with E-state index in [4.69, 9.17) is 26.8 Å². The number of ether oxygens (including phenoxy) is 2. The van der Waals surface area contributed by atoms with Crippen molar-refractivity contribution < 1.29 is 14.3 Å². The highest BCUT2D eigenvalue weighted by Gasteiger charge is 2.32. The molecule has 3 aromatic rings. The molecule has 0 unspecified atom stereocenters. The van der Waals surface area contributed by atoms with Gasteiger partial charge in [-0.15, -0.1) is 0 Å². The van der Waals surface area contributed by atoms with Crippen LogP contribution in [0, 0.1) is 5.92 Å². The van der Waals surface area contributed by atoms with Gasteiger partial charge in [-0.3, -0.25) is 9.69 Å². The second-order valence-corrected chi connectivity index (χ2v) is 9.64. The van der Waals surface area contributed by atoms with Crippen molar-refractivity contribution in [3.63, 3.8) is 0 Å². The molecular weight excluding hydrogens is 454 g/mol. The number of carbonyl (C=O) groups is 1. The van der Waals surface area contributed by atoms with Crippen molar-refractivity contribution in [2.45, 2.75) is 13.8 Å². The van der Waals surface area contributed by atoms with E-state index in [1.165, 1.54) is 11.8 Å². The molecule has 1 amide bonds. The number of nitrogens with zero attached hydrogens (tertiary/aromatic N) is 3. The standard InChI is InChI=1S/C25H25N3O3S2/c1-16(2)14-27-24(29)22(33-25(27)32)13-18-15-28(19-8-6-5-7-9-19)26-23(18)17-10-11-20(30-3)21(12-17)31-4/h5-13,15-16H,14H2,1-4H3. The topological polar surface area (TPSA) is 56.6 Å². The van der Waals surface area contributed by atoms with Gasteiger partial charge in [0.25, 0.3) is 5.91 Å². The predicted molar refractivity (Wildman–Crippen MR) is 137 cm³/mol. The number of methoxy groups -OCH3 is 2. The Kier molecular flexibility index (Phi) is 6.85. The van der Waals surface area contributed by atoms with E-state index in [-0.39, 0.29) is 5.91 Å². The fourth-order valence-corrected chi connectivity index (χ4v) is 4.84. The van der Waals surface area contributed by atoms with Crippen molar-refractivity contribution in [1.29, 1.82) is 0 Å². The van der Waals surface area contributed by atoms with Crippen molar-refractivity contribution in [1.82, 2.24) is 14.7 Å². The van der Waals surface area contributed by atoms with Crippen LogP contribution in [0.25, 0.3) is 23.0 Å². The van der Waals surface area contributed by atoms with Gasteiger partial charge < -0.3 is 9.47 Å². The molecule has 170 valence electrons. The highest BCUT2D eigenvalue weighted by Crippen LogP contribution is 2.37. The van der Waals surface area contributed by atoms with Gasteiger partial charge >= 0.3 is 0 Å². The Morgan fingerprint density at radius 2 is 1.82 bits per heavy atom. The number of para-hydroxylation sites is 1. The van der Waals surface area contributed by atoms with Crippen LogP contribution in [0.2, 0.25) is 0 Å². The molecular formula is C25H25N3O3S2. The molecule has 8 heteroatoms. The van der Waals surface area contributed by atoms with Crippen molar-refractivity contribution in [2.75, 3.05) is 20.8 Å². The highest BCUT2D eigenvalue weighted by molar-refractivity contribution is 8.26. The van der Waals surface area contributed by atoms with E-state index >= 15 is 0 Å². The molecule has 6 nitrogen and oxygen atoms in total. The maximum Gasteiger partial charge on any atom is 0.266 e. The molecule has 1 aliphatic rings. The monoisotopic (exact) mass is 479 g/mol. The molecule has 0 bridgehead atoms. The minimum atomic E-state index is -0.0653. The first-order valence-corrected chi connectivity index (χ1v) is 11.8. The summed E-state index contributed by atoms with van der Waals surface area (Å²) in [5, 5.41) is 4.84. The largest absolute Gasteiger partial charge is 0.493 e. The molecule has 0 saturated carbocycles. The average Bonchev–Trinajstić information content (AvgIpc) is 3.35. The van der Waals surface area contributed by atoms with Crippen LogP contribution in [0.15, 0.2) is 59.6 Å². The summed E-state index contributed by atoms with van der Waals surface area (Å²) >= 11 is 6.80. The molecule has 1 aliphatic heterocycles. The Morgan fingerprint density at radius 1 is 1.09 bits per heavy atom. The second-order valence-electron chi connectivity index (χ2n) is 7.97. The number of amides is 1. The van der Waals surface area contributed by atoms with Crippen LogP contribution in [0.3, 0.4) is 0 Å². The van der Waals surface area contributed by atoms with Crippen molar-refractivity contribution in [3.8, 4) is 28.4 Å². The molecule has 2 heterocycles. The SMILES string of the molecule is COc1ccc(-c2nn(-c3ccccc3)cc2C=C2SC(=S)N(CC(C)C)C2=O)cc1OC. The number of hydrogen-bond donors (Lipinski definition) is 0. The van der Waals surface area contributed by atoms with Gasteiger partial charge in [-0.05, 0) is 42.3 Å². The summed E-state index contributed by atoms with van der Waals surface area (Å²) in [6, 6.07) is 15.5. The summed E-state index contributed by atoms with van der Waals surface area (Å²) in [4.78, 5) is 15.3. The molecule has 0 N–H and O–H groups in total. The number of hydrogen-bond acceptors (Lipinski definition) is 6. The smallest absolute Gasteiger partial charge is 0.266 e. The first-order valence-electron chi connectivity index (χ1n) is 10.5. The summed E-state index contributed by atoms with van der Waals surface area (Å²) in [6.07, 6.45) is 3.80. The molecule has 0 spiro atoms. The minimum Gasteiger partial charge on any atom is -0.493 e. The van der Waals surface area contributed by atoms with E-state index in [2.05, 4.69) is 13.8 Å². The first-order chi connectivity index (χ1) is 15.9. The molecule has 1 saturated heterocycles. The molecule has 2 aromatic carbocycles. The third-order valence-corrected chi connectivity index (χ3v) is 6.51. The number of benzene rings is 2. The fraction of sp³-hybridized carbons (Fsp3) is 0.240. The lowest BCUT2D eigenvalue weighted by Gasteiger charge is -2.16. The lowest BCUT2D eigenvalue weighted by Crippen LogP contribution is -2.31. The van der Waals surface area contributed by atoms with E-state index < -0.39 is 0 Å². The maximum atomic E-state index is 13.0. The van der Waals surface area contributed by atoms with Crippen molar-refractivity contribution in [3.05, 3.63) is 65.2 Å². The number of carbonyl (C=O) groups excluding carboxylic acids is 1. The number of thioether (sulfide) groups is 1. The normalized spacial score (nSPS) is 15.1. The van der Waals surface area contributed by atoms with E-state index in [9.17, 15) is 4.79 Å². The summed E-state index contributed by atoms with van der Waals surface area (Å²) < 4.78 is 13.3. The molecule has 4 rings (SSSR count). The predicted octanol–water partition coefficient (Wildman–Crippen LogP) is 5.41. The zero-order valence-corrected chi connectivity index (χ0v) is 20.6. The fourth-order valence-electron chi connectivity index (χ4n) is 3.58. The Bertz CT molecular complexity index is 1220. The molecule has 0 aliphatic carbocycles. The van der Waals surface area contributed by atoms with Gasteiger partial charge in [0.15, 0.2) is 11.5 Å². The Morgan fingerprint density at radius 3 is 2.48 bits per heavy atom. The molecule has 1 fully saturated rings. The third kappa shape index (κ3) is 4.82. The van der Waals surface area contributed by atoms with Crippen LogP contribution in [0.1, 0.15) is 19.4 Å². The van der Waals surface area contributed by atoms with Crippen molar-refractivity contribution in [2.24, 2.45) is 5.92 Å².